The minimum absolute atomic E-state index is 0.0732. The molecule has 2 unspecified atom stereocenters. The number of rotatable bonds is 9. The summed E-state index contributed by atoms with van der Waals surface area (Å²) in [4.78, 5) is 41.9. The minimum atomic E-state index is -5.51. The van der Waals surface area contributed by atoms with Crippen LogP contribution in [0.3, 0.4) is 0 Å². The highest BCUT2D eigenvalue weighted by atomic mass is 79.9. The van der Waals surface area contributed by atoms with Gasteiger partial charge in [0, 0.05) is 33.7 Å². The predicted molar refractivity (Wildman–Crippen MR) is 190 cm³/mol. The first kappa shape index (κ1) is 37.0. The Balaban J connectivity index is 1.24. The third kappa shape index (κ3) is 7.71. The van der Waals surface area contributed by atoms with Gasteiger partial charge in [0.05, 0.1) is 6.10 Å². The zero-order chi connectivity index (χ0) is 37.7. The van der Waals surface area contributed by atoms with Crippen LogP contribution in [0.1, 0.15) is 68.6 Å². The van der Waals surface area contributed by atoms with Crippen molar-refractivity contribution < 1.29 is 45.8 Å². The number of fused-ring (bicyclic) bond motifs is 4. The van der Waals surface area contributed by atoms with Gasteiger partial charge in [-0.3, -0.25) is 9.59 Å². The van der Waals surface area contributed by atoms with E-state index < -0.39 is 59.7 Å². The summed E-state index contributed by atoms with van der Waals surface area (Å²) in [6, 6.07) is 14.2. The topological polar surface area (TPSA) is 111 Å². The van der Waals surface area contributed by atoms with Gasteiger partial charge in [-0.2, -0.15) is 22.0 Å². The number of carbonyl (C=O) groups is 3. The molecule has 4 aromatic rings. The van der Waals surface area contributed by atoms with Gasteiger partial charge in [0.25, 0.3) is 11.8 Å². The second-order valence-corrected chi connectivity index (χ2v) is 15.1. The van der Waals surface area contributed by atoms with Crippen molar-refractivity contribution >= 4 is 55.3 Å². The summed E-state index contributed by atoms with van der Waals surface area (Å²) in [6.07, 6.45) is -2.01. The number of nitrogens with two attached hydrogens (primary N) is 1. The Morgan fingerprint density at radius 1 is 0.792 bits per heavy atom. The van der Waals surface area contributed by atoms with E-state index >= 15 is 8.78 Å². The number of carbonyl (C=O) groups excluding carboxylic acids is 3. The molecule has 3 fully saturated rings. The number of nitrogens with one attached hydrogen (secondary N) is 1. The standard InChI is InChI=1S/C39H37BrF5N3O5/c40-27-11-8-22-16-26(10-7-23(22)17-27)38(41,42)34(36(50)48-29-12-13-30(48)20-28(46)19-29)47-35(49)33(53-37(51)39(43,44)45)25-6-5-24-18-32(14-9-21(24)15-25)52-31-3-1-2-4-31/h5-11,14-18,28-31,33-34H,1-4,12-13,19-20,46H2,(H,47,49)/t28?,29?,30?,33-,34-/m1/s1. The second-order valence-electron chi connectivity index (χ2n) is 14.2. The second kappa shape index (κ2) is 14.5. The molecule has 3 aliphatic rings. The van der Waals surface area contributed by atoms with Crippen LogP contribution in [0.4, 0.5) is 22.0 Å². The Labute approximate surface area is 310 Å². The molecule has 0 spiro atoms. The van der Waals surface area contributed by atoms with Crippen molar-refractivity contribution in [2.24, 2.45) is 5.73 Å². The summed E-state index contributed by atoms with van der Waals surface area (Å²) in [6.45, 7) is 0. The van der Waals surface area contributed by atoms with Crippen LogP contribution in [0.2, 0.25) is 0 Å². The molecule has 4 atom stereocenters. The molecule has 1 saturated carbocycles. The van der Waals surface area contributed by atoms with Crippen molar-refractivity contribution in [3.63, 3.8) is 0 Å². The molecule has 1 aliphatic carbocycles. The number of hydrogen-bond acceptors (Lipinski definition) is 6. The highest BCUT2D eigenvalue weighted by Crippen LogP contribution is 2.41. The van der Waals surface area contributed by atoms with E-state index in [1.54, 1.807) is 36.4 Å². The number of esters is 1. The maximum atomic E-state index is 16.9. The Bertz CT molecular complexity index is 2040. The predicted octanol–water partition coefficient (Wildman–Crippen LogP) is 7.98. The van der Waals surface area contributed by atoms with Crippen molar-refractivity contribution in [3.8, 4) is 5.75 Å². The average molecular weight is 803 g/mol. The summed E-state index contributed by atoms with van der Waals surface area (Å²) in [5, 5.41) is 4.19. The summed E-state index contributed by atoms with van der Waals surface area (Å²) < 4.78 is 85.9. The van der Waals surface area contributed by atoms with Gasteiger partial charge >= 0.3 is 18.1 Å². The number of nitrogens with zero attached hydrogens (tertiary/aromatic N) is 1. The third-order valence-electron chi connectivity index (χ3n) is 10.5. The van der Waals surface area contributed by atoms with Crippen LogP contribution in [0.15, 0.2) is 77.3 Å². The monoisotopic (exact) mass is 801 g/mol. The maximum absolute atomic E-state index is 16.9. The third-order valence-corrected chi connectivity index (χ3v) is 11.0. The van der Waals surface area contributed by atoms with Crippen molar-refractivity contribution in [1.29, 1.82) is 0 Å². The molecule has 0 radical (unpaired) electrons. The molecule has 7 rings (SSSR count). The maximum Gasteiger partial charge on any atom is 0.490 e. The molecule has 4 aromatic carbocycles. The van der Waals surface area contributed by atoms with Crippen molar-refractivity contribution in [2.75, 3.05) is 0 Å². The Morgan fingerprint density at radius 2 is 1.40 bits per heavy atom. The van der Waals surface area contributed by atoms with E-state index in [-0.39, 0.29) is 17.7 Å². The van der Waals surface area contributed by atoms with Gasteiger partial charge in [-0.25, -0.2) is 4.79 Å². The van der Waals surface area contributed by atoms with Crippen LogP contribution in [0.25, 0.3) is 21.5 Å². The van der Waals surface area contributed by atoms with Gasteiger partial charge in [0.2, 0.25) is 6.10 Å². The van der Waals surface area contributed by atoms with Gasteiger partial charge < -0.3 is 25.4 Å². The lowest BCUT2D eigenvalue weighted by Crippen LogP contribution is -2.61. The molecule has 3 N–H and O–H groups in total. The lowest BCUT2D eigenvalue weighted by Gasteiger charge is -2.41. The zero-order valence-corrected chi connectivity index (χ0v) is 30.0. The number of benzene rings is 4. The Hall–Kier alpha value is -4.30. The molecule has 2 saturated heterocycles. The van der Waals surface area contributed by atoms with Gasteiger partial charge in [0.15, 0.2) is 6.04 Å². The number of ether oxygens (including phenoxy) is 2. The first-order chi connectivity index (χ1) is 25.2. The van der Waals surface area contributed by atoms with Crippen LogP contribution in [0, 0.1) is 0 Å². The van der Waals surface area contributed by atoms with E-state index in [1.807, 2.05) is 0 Å². The normalized spacial score (nSPS) is 21.8. The SMILES string of the molecule is NC1CC2CCC(C1)N2C(=O)[C@@H](NC(=O)[C@H](OC(=O)C(F)(F)F)c1ccc2cc(OC3CCCC3)ccc2c1)C(F)(F)c1ccc2cc(Br)ccc2c1. The van der Waals surface area contributed by atoms with Crippen molar-refractivity contribution in [3.05, 3.63) is 88.4 Å². The molecule has 0 aromatic heterocycles. The molecule has 280 valence electrons. The number of piperidine rings is 1. The number of halogens is 6. The minimum Gasteiger partial charge on any atom is -0.490 e. The van der Waals surface area contributed by atoms with E-state index in [2.05, 4.69) is 21.2 Å². The lowest BCUT2D eigenvalue weighted by atomic mass is 9.93. The summed E-state index contributed by atoms with van der Waals surface area (Å²) >= 11 is 3.35. The van der Waals surface area contributed by atoms with E-state index in [0.717, 1.165) is 36.2 Å². The number of hydrogen-bond donors (Lipinski definition) is 2. The number of alkyl halides is 5. The van der Waals surface area contributed by atoms with Crippen LogP contribution in [-0.4, -0.2) is 59.1 Å². The molecule has 8 nitrogen and oxygen atoms in total. The van der Waals surface area contributed by atoms with Crippen LogP contribution in [-0.2, 0) is 25.0 Å². The fraction of sp³-hybridized carbons (Fsp3) is 0.410. The van der Waals surface area contributed by atoms with Gasteiger partial charge in [-0.05, 0) is 109 Å². The van der Waals surface area contributed by atoms with Gasteiger partial charge in [-0.15, -0.1) is 0 Å². The molecule has 2 heterocycles. The molecular formula is C39H37BrF5N3O5. The molecule has 2 bridgehead atoms. The fourth-order valence-electron chi connectivity index (χ4n) is 7.97. The van der Waals surface area contributed by atoms with E-state index in [9.17, 15) is 27.6 Å². The molecule has 14 heteroatoms. The highest BCUT2D eigenvalue weighted by molar-refractivity contribution is 9.10. The van der Waals surface area contributed by atoms with E-state index in [4.69, 9.17) is 15.2 Å². The summed E-state index contributed by atoms with van der Waals surface area (Å²) in [5.41, 5.74) is 5.36. The fourth-order valence-corrected chi connectivity index (χ4v) is 8.35. The van der Waals surface area contributed by atoms with Gasteiger partial charge in [-0.1, -0.05) is 52.3 Å². The smallest absolute Gasteiger partial charge is 0.490 e. The quantitative estimate of drug-likeness (QED) is 0.131. The zero-order valence-electron chi connectivity index (χ0n) is 28.4. The molecule has 2 amide bonds. The summed E-state index contributed by atoms with van der Waals surface area (Å²) in [7, 11) is 0. The van der Waals surface area contributed by atoms with Crippen LogP contribution >= 0.6 is 15.9 Å². The first-order valence-corrected chi connectivity index (χ1v) is 18.4. The average Bonchev–Trinajstić information content (AvgIpc) is 3.73. The first-order valence-electron chi connectivity index (χ1n) is 17.6. The summed E-state index contributed by atoms with van der Waals surface area (Å²) in [5.74, 6) is -8.80. The lowest BCUT2D eigenvalue weighted by molar-refractivity contribution is -0.206. The Morgan fingerprint density at radius 3 is 2.09 bits per heavy atom. The molecule has 2 aliphatic heterocycles. The van der Waals surface area contributed by atoms with Crippen molar-refractivity contribution in [2.45, 2.75) is 99.8 Å². The van der Waals surface area contributed by atoms with E-state index in [1.165, 1.54) is 35.2 Å². The molecule has 53 heavy (non-hydrogen) atoms. The van der Waals surface area contributed by atoms with Crippen LogP contribution < -0.4 is 15.8 Å². The van der Waals surface area contributed by atoms with Gasteiger partial charge in [0.1, 0.15) is 5.75 Å². The van der Waals surface area contributed by atoms with E-state index in [0.29, 0.717) is 53.0 Å². The molecular weight excluding hydrogens is 765 g/mol. The highest BCUT2D eigenvalue weighted by Gasteiger charge is 2.54. The van der Waals surface area contributed by atoms with Crippen molar-refractivity contribution in [1.82, 2.24) is 10.2 Å². The largest absolute Gasteiger partial charge is 0.490 e. The Kier molecular flexibility index (Phi) is 10.1. The number of amides is 2. The van der Waals surface area contributed by atoms with Crippen LogP contribution in [0.5, 0.6) is 5.75 Å².